The minimum Gasteiger partial charge on any atom is -0.435 e. The van der Waals surface area contributed by atoms with Crippen molar-refractivity contribution >= 4 is 32.6 Å². The van der Waals surface area contributed by atoms with E-state index in [4.69, 9.17) is 0 Å². The number of fused-ring (bicyclic) bond motifs is 2. The molecule has 8 nitrogen and oxygen atoms in total. The van der Waals surface area contributed by atoms with Crippen LogP contribution in [0.2, 0.25) is 0 Å². The first-order valence-corrected chi connectivity index (χ1v) is 11.4. The van der Waals surface area contributed by atoms with Crippen LogP contribution in [0.1, 0.15) is 23.8 Å². The van der Waals surface area contributed by atoms with Crippen molar-refractivity contribution in [3.63, 3.8) is 0 Å². The Labute approximate surface area is 194 Å². The molecule has 1 saturated carbocycles. The summed E-state index contributed by atoms with van der Waals surface area (Å²) in [4.78, 5) is 31.9. The predicted octanol–water partition coefficient (Wildman–Crippen LogP) is 3.96. The van der Waals surface area contributed by atoms with Crippen LogP contribution in [0, 0.1) is 0 Å². The van der Waals surface area contributed by atoms with Gasteiger partial charge in [0, 0.05) is 24.5 Å². The van der Waals surface area contributed by atoms with Crippen molar-refractivity contribution in [1.29, 1.82) is 0 Å². The zero-order valence-electron chi connectivity index (χ0n) is 17.8. The van der Waals surface area contributed by atoms with Crippen LogP contribution in [-0.2, 0) is 7.05 Å². The molecule has 0 spiro atoms. The quantitative estimate of drug-likeness (QED) is 0.379. The van der Waals surface area contributed by atoms with Gasteiger partial charge < -0.3 is 4.74 Å². The lowest BCUT2D eigenvalue weighted by atomic mass is 10.2. The van der Waals surface area contributed by atoms with Gasteiger partial charge in [0.1, 0.15) is 10.4 Å². The summed E-state index contributed by atoms with van der Waals surface area (Å²) >= 11 is 1.30. The number of benzene rings is 2. The highest BCUT2D eigenvalue weighted by Gasteiger charge is 2.29. The molecule has 0 bridgehead atoms. The smallest absolute Gasteiger partial charge is 0.387 e. The van der Waals surface area contributed by atoms with Gasteiger partial charge in [-0.15, -0.1) is 11.3 Å². The molecule has 3 heterocycles. The third-order valence-corrected chi connectivity index (χ3v) is 6.92. The first kappa shape index (κ1) is 20.7. The van der Waals surface area contributed by atoms with Gasteiger partial charge in [0.15, 0.2) is 5.65 Å². The molecule has 0 radical (unpaired) electrons. The molecular formula is C23H17F2N5O3S. The monoisotopic (exact) mass is 481 g/mol. The standard InChI is InChI=1S/C23H17F2N5O3S/c1-28-11-13-10-15(6-9-17(13)27-28)30-21(31)18-19(26-20(34-18)12-2-3-12)29(23(30)32)14-4-7-16(8-5-14)33-22(24)25/h4-12,22H,2-3H2,1H3. The molecule has 0 saturated heterocycles. The van der Waals surface area contributed by atoms with Gasteiger partial charge in [-0.3, -0.25) is 9.48 Å². The maximum absolute atomic E-state index is 13.7. The van der Waals surface area contributed by atoms with Gasteiger partial charge in [-0.2, -0.15) is 13.9 Å². The van der Waals surface area contributed by atoms with E-state index < -0.39 is 17.9 Å². The zero-order valence-corrected chi connectivity index (χ0v) is 18.6. The van der Waals surface area contributed by atoms with Crippen LogP contribution < -0.4 is 16.0 Å². The molecule has 5 aromatic rings. The first-order chi connectivity index (χ1) is 16.4. The molecule has 0 N–H and O–H groups in total. The summed E-state index contributed by atoms with van der Waals surface area (Å²) < 4.78 is 34.0. The first-order valence-electron chi connectivity index (χ1n) is 10.6. The largest absolute Gasteiger partial charge is 0.435 e. The van der Waals surface area contributed by atoms with Gasteiger partial charge in [-0.25, -0.2) is 18.9 Å². The van der Waals surface area contributed by atoms with E-state index >= 15 is 0 Å². The fraction of sp³-hybridized carbons (Fsp3) is 0.217. The van der Waals surface area contributed by atoms with Crippen molar-refractivity contribution < 1.29 is 13.5 Å². The second kappa shape index (κ2) is 7.59. The van der Waals surface area contributed by atoms with E-state index in [2.05, 4.69) is 14.8 Å². The Morgan fingerprint density at radius 2 is 1.79 bits per heavy atom. The molecule has 1 aliphatic rings. The molecule has 0 aliphatic heterocycles. The van der Waals surface area contributed by atoms with Gasteiger partial charge in [0.25, 0.3) is 5.56 Å². The van der Waals surface area contributed by atoms with Gasteiger partial charge >= 0.3 is 12.3 Å². The summed E-state index contributed by atoms with van der Waals surface area (Å²) in [6.45, 7) is -2.95. The number of aryl methyl sites for hydroxylation is 1. The number of halogens is 2. The molecule has 1 fully saturated rings. The van der Waals surface area contributed by atoms with E-state index in [1.807, 2.05) is 0 Å². The summed E-state index contributed by atoms with van der Waals surface area (Å²) in [5.74, 6) is 0.262. The summed E-state index contributed by atoms with van der Waals surface area (Å²) in [5.41, 5.74) is 0.760. The number of hydrogen-bond donors (Lipinski definition) is 0. The Balaban J connectivity index is 1.61. The topological polar surface area (TPSA) is 83.9 Å². The summed E-state index contributed by atoms with van der Waals surface area (Å²) in [5, 5.41) is 5.94. The van der Waals surface area contributed by atoms with Gasteiger partial charge in [0.05, 0.1) is 21.9 Å². The number of nitrogens with zero attached hydrogens (tertiary/aromatic N) is 5. The van der Waals surface area contributed by atoms with Crippen molar-refractivity contribution in [3.05, 3.63) is 74.5 Å². The maximum atomic E-state index is 13.7. The van der Waals surface area contributed by atoms with Crippen molar-refractivity contribution in [2.75, 3.05) is 0 Å². The fourth-order valence-corrected chi connectivity index (χ4v) is 5.17. The SMILES string of the molecule is Cn1cc2cc(-n3c(=O)c4sc(C5CC5)nc4n(-c4ccc(OC(F)F)cc4)c3=O)ccc2n1. The minimum atomic E-state index is -2.95. The van der Waals surface area contributed by atoms with E-state index in [1.165, 1.54) is 40.2 Å². The molecule has 172 valence electrons. The highest BCUT2D eigenvalue weighted by Crippen LogP contribution is 2.42. The number of hydrogen-bond acceptors (Lipinski definition) is 6. The normalized spacial score (nSPS) is 13.9. The lowest BCUT2D eigenvalue weighted by Gasteiger charge is -2.12. The van der Waals surface area contributed by atoms with E-state index in [-0.39, 0.29) is 11.4 Å². The molecule has 3 aromatic heterocycles. The van der Waals surface area contributed by atoms with Crippen LogP contribution in [-0.4, -0.2) is 30.5 Å². The van der Waals surface area contributed by atoms with E-state index in [1.54, 1.807) is 36.1 Å². The number of thiazole rings is 1. The van der Waals surface area contributed by atoms with E-state index in [9.17, 15) is 18.4 Å². The van der Waals surface area contributed by atoms with Crippen molar-refractivity contribution in [2.45, 2.75) is 25.4 Å². The Morgan fingerprint density at radius 1 is 1.06 bits per heavy atom. The molecule has 0 atom stereocenters. The van der Waals surface area contributed by atoms with Crippen molar-refractivity contribution in [2.24, 2.45) is 7.05 Å². The Morgan fingerprint density at radius 3 is 2.50 bits per heavy atom. The predicted molar refractivity (Wildman–Crippen MR) is 124 cm³/mol. The number of ether oxygens (including phenoxy) is 1. The molecule has 2 aromatic carbocycles. The lowest BCUT2D eigenvalue weighted by molar-refractivity contribution is -0.0498. The number of rotatable bonds is 5. The van der Waals surface area contributed by atoms with E-state index in [0.717, 1.165) is 33.3 Å². The molecule has 6 rings (SSSR count). The van der Waals surface area contributed by atoms with E-state index in [0.29, 0.717) is 22.0 Å². The van der Waals surface area contributed by atoms with Gasteiger partial charge in [-0.1, -0.05) is 0 Å². The third kappa shape index (κ3) is 3.39. The van der Waals surface area contributed by atoms with Crippen LogP contribution in [0.15, 0.2) is 58.3 Å². The maximum Gasteiger partial charge on any atom is 0.387 e. The zero-order chi connectivity index (χ0) is 23.6. The average Bonchev–Trinajstić information content (AvgIpc) is 3.44. The summed E-state index contributed by atoms with van der Waals surface area (Å²) in [6, 6.07) is 10.9. The Hall–Kier alpha value is -3.86. The van der Waals surface area contributed by atoms with Crippen molar-refractivity contribution in [1.82, 2.24) is 23.9 Å². The van der Waals surface area contributed by atoms with Crippen LogP contribution in [0.25, 0.3) is 32.6 Å². The minimum absolute atomic E-state index is 0.0321. The third-order valence-electron chi connectivity index (χ3n) is 5.72. The number of alkyl halides is 2. The highest BCUT2D eigenvalue weighted by atomic mass is 32.1. The van der Waals surface area contributed by atoms with Crippen LogP contribution in [0.5, 0.6) is 5.75 Å². The van der Waals surface area contributed by atoms with Crippen LogP contribution in [0.4, 0.5) is 8.78 Å². The Kier molecular flexibility index (Phi) is 4.63. The van der Waals surface area contributed by atoms with Crippen LogP contribution in [0.3, 0.4) is 0 Å². The Bertz CT molecular complexity index is 1680. The fourth-order valence-electron chi connectivity index (χ4n) is 4.02. The van der Waals surface area contributed by atoms with Crippen molar-refractivity contribution in [3.8, 4) is 17.1 Å². The summed E-state index contributed by atoms with van der Waals surface area (Å²) in [6.07, 6.45) is 3.80. The molecule has 11 heteroatoms. The molecule has 0 amide bonds. The van der Waals surface area contributed by atoms with Gasteiger partial charge in [0.2, 0.25) is 0 Å². The summed E-state index contributed by atoms with van der Waals surface area (Å²) in [7, 11) is 1.79. The molecule has 0 unspecified atom stereocenters. The van der Waals surface area contributed by atoms with Gasteiger partial charge in [-0.05, 0) is 55.3 Å². The second-order valence-electron chi connectivity index (χ2n) is 8.16. The molecule has 34 heavy (non-hydrogen) atoms. The molecular weight excluding hydrogens is 464 g/mol. The average molecular weight is 481 g/mol. The second-order valence-corrected chi connectivity index (χ2v) is 9.19. The highest BCUT2D eigenvalue weighted by molar-refractivity contribution is 7.18. The lowest BCUT2D eigenvalue weighted by Crippen LogP contribution is -2.38. The van der Waals surface area contributed by atoms with Crippen LogP contribution >= 0.6 is 11.3 Å². The number of aromatic nitrogens is 5. The molecule has 1 aliphatic carbocycles.